The summed E-state index contributed by atoms with van der Waals surface area (Å²) in [6.07, 6.45) is 4.63. The number of pyridine rings is 1. The number of methoxy groups -OCH3 is 1. The van der Waals surface area contributed by atoms with E-state index in [-0.39, 0.29) is 30.3 Å². The lowest BCUT2D eigenvalue weighted by molar-refractivity contribution is -0.0107. The van der Waals surface area contributed by atoms with Crippen LogP contribution in [0.3, 0.4) is 0 Å². The predicted octanol–water partition coefficient (Wildman–Crippen LogP) is 2.41. The first-order chi connectivity index (χ1) is 19.9. The topological polar surface area (TPSA) is 131 Å². The molecule has 1 N–H and O–H groups in total. The molecule has 41 heavy (non-hydrogen) atoms. The summed E-state index contributed by atoms with van der Waals surface area (Å²) in [5.41, 5.74) is 1.58. The van der Waals surface area contributed by atoms with Crippen molar-refractivity contribution >= 4 is 11.9 Å². The fourth-order valence-corrected chi connectivity index (χ4v) is 6.78. The number of carbonyl (C=O) groups excluding carboxylic acids is 2. The minimum atomic E-state index is -0.620. The molecule has 0 bridgehead atoms. The number of aromatic hydroxyl groups is 1. The van der Waals surface area contributed by atoms with Gasteiger partial charge in [0.05, 0.1) is 31.8 Å². The van der Waals surface area contributed by atoms with Gasteiger partial charge in [-0.25, -0.2) is 9.78 Å². The Morgan fingerprint density at radius 2 is 1.88 bits per heavy atom. The first kappa shape index (κ1) is 26.5. The summed E-state index contributed by atoms with van der Waals surface area (Å²) in [7, 11) is 1.67. The highest BCUT2D eigenvalue weighted by Gasteiger charge is 2.56. The van der Waals surface area contributed by atoms with Crippen LogP contribution in [0.1, 0.15) is 59.0 Å². The number of ether oxygens (including phenoxy) is 3. The lowest BCUT2D eigenvalue weighted by Gasteiger charge is -2.32. The normalized spacial score (nSPS) is 26.3. The van der Waals surface area contributed by atoms with Gasteiger partial charge in [0.25, 0.3) is 11.8 Å². The monoisotopic (exact) mass is 567 g/mol. The molecular formula is C29H37N5O7. The average molecular weight is 568 g/mol. The van der Waals surface area contributed by atoms with Gasteiger partial charge in [0.2, 0.25) is 5.88 Å². The Hall–Kier alpha value is -3.38. The van der Waals surface area contributed by atoms with Gasteiger partial charge in [-0.2, -0.15) is 0 Å². The second-order valence-corrected chi connectivity index (χ2v) is 12.2. The SMILES string of the molecule is COC12CN(C(=O)c3cc(OCC4CCOCC4)nc(C4CC4)c3)CC1CN(C(=O)N1CCc3c(O)noc3C1)C2. The molecule has 1 aliphatic carbocycles. The number of rotatable bonds is 6. The van der Waals surface area contributed by atoms with Crippen molar-refractivity contribution in [2.75, 3.05) is 59.7 Å². The van der Waals surface area contributed by atoms with Gasteiger partial charge in [-0.1, -0.05) is 0 Å². The van der Waals surface area contributed by atoms with E-state index < -0.39 is 5.60 Å². The van der Waals surface area contributed by atoms with E-state index in [1.807, 2.05) is 15.9 Å². The molecule has 2 aromatic heterocycles. The van der Waals surface area contributed by atoms with Crippen LogP contribution >= 0.6 is 0 Å². The maximum absolute atomic E-state index is 13.8. The van der Waals surface area contributed by atoms with Gasteiger partial charge in [-0.15, -0.1) is 0 Å². The lowest BCUT2D eigenvalue weighted by Crippen LogP contribution is -2.48. The maximum Gasteiger partial charge on any atom is 0.320 e. The van der Waals surface area contributed by atoms with Crippen molar-refractivity contribution in [1.29, 1.82) is 0 Å². The highest BCUT2D eigenvalue weighted by Crippen LogP contribution is 2.42. The van der Waals surface area contributed by atoms with Crippen molar-refractivity contribution in [2.24, 2.45) is 11.8 Å². The summed E-state index contributed by atoms with van der Waals surface area (Å²) in [6, 6.07) is 3.61. The molecule has 220 valence electrons. The van der Waals surface area contributed by atoms with E-state index in [4.69, 9.17) is 23.7 Å². The van der Waals surface area contributed by atoms with E-state index in [0.717, 1.165) is 44.6 Å². The average Bonchev–Trinajstić information content (AvgIpc) is 3.58. The van der Waals surface area contributed by atoms with Crippen LogP contribution in [-0.2, 0) is 22.4 Å². The van der Waals surface area contributed by atoms with Crippen LogP contribution in [0.2, 0.25) is 0 Å². The van der Waals surface area contributed by atoms with Crippen LogP contribution in [-0.4, -0.2) is 107 Å². The second-order valence-electron chi connectivity index (χ2n) is 12.2. The highest BCUT2D eigenvalue weighted by molar-refractivity contribution is 5.95. The van der Waals surface area contributed by atoms with Crippen molar-refractivity contribution < 1.29 is 33.4 Å². The summed E-state index contributed by atoms with van der Waals surface area (Å²) < 4.78 is 22.8. The number of likely N-dealkylation sites (tertiary alicyclic amines) is 2. The molecule has 7 rings (SSSR count). The Morgan fingerprint density at radius 3 is 2.63 bits per heavy atom. The predicted molar refractivity (Wildman–Crippen MR) is 144 cm³/mol. The summed E-state index contributed by atoms with van der Waals surface area (Å²) in [5, 5.41) is 13.4. The number of carbonyl (C=O) groups is 2. The molecule has 0 radical (unpaired) electrons. The van der Waals surface area contributed by atoms with Crippen LogP contribution < -0.4 is 4.74 Å². The molecule has 4 aliphatic heterocycles. The van der Waals surface area contributed by atoms with E-state index in [1.165, 1.54) is 0 Å². The Balaban J connectivity index is 1.02. The van der Waals surface area contributed by atoms with Gasteiger partial charge < -0.3 is 38.5 Å². The molecule has 6 heterocycles. The van der Waals surface area contributed by atoms with E-state index in [2.05, 4.69) is 5.16 Å². The zero-order chi connectivity index (χ0) is 28.1. The molecule has 4 fully saturated rings. The number of amides is 3. The molecule has 2 atom stereocenters. The molecule has 2 aromatic rings. The van der Waals surface area contributed by atoms with Gasteiger partial charge >= 0.3 is 6.03 Å². The maximum atomic E-state index is 13.8. The molecular weight excluding hydrogens is 530 g/mol. The van der Waals surface area contributed by atoms with Gasteiger partial charge in [-0.05, 0) is 49.2 Å². The first-order valence-corrected chi connectivity index (χ1v) is 14.7. The van der Waals surface area contributed by atoms with Crippen molar-refractivity contribution in [3.8, 4) is 11.8 Å². The number of aromatic nitrogens is 2. The van der Waals surface area contributed by atoms with E-state index in [1.54, 1.807) is 18.1 Å². The quantitative estimate of drug-likeness (QED) is 0.559. The zero-order valence-corrected chi connectivity index (χ0v) is 23.4. The third-order valence-corrected chi connectivity index (χ3v) is 9.46. The van der Waals surface area contributed by atoms with Crippen LogP contribution in [0, 0.1) is 11.8 Å². The second kappa shape index (κ2) is 10.5. The molecule has 3 amide bonds. The minimum Gasteiger partial charge on any atom is -0.491 e. The summed E-state index contributed by atoms with van der Waals surface area (Å²) >= 11 is 0. The fraction of sp³-hybridized carbons (Fsp3) is 0.655. The number of hydrogen-bond acceptors (Lipinski definition) is 9. The number of urea groups is 1. The largest absolute Gasteiger partial charge is 0.491 e. The first-order valence-electron chi connectivity index (χ1n) is 14.7. The Kier molecular flexibility index (Phi) is 6.77. The van der Waals surface area contributed by atoms with Crippen molar-refractivity contribution in [1.82, 2.24) is 24.8 Å². The van der Waals surface area contributed by atoms with E-state index in [0.29, 0.717) is 80.4 Å². The molecule has 2 unspecified atom stereocenters. The molecule has 12 heteroatoms. The van der Waals surface area contributed by atoms with Gasteiger partial charge in [-0.3, -0.25) is 4.79 Å². The van der Waals surface area contributed by atoms with Crippen LogP contribution in [0.5, 0.6) is 11.8 Å². The number of nitrogens with zero attached hydrogens (tertiary/aromatic N) is 5. The van der Waals surface area contributed by atoms with E-state index in [9.17, 15) is 14.7 Å². The van der Waals surface area contributed by atoms with Gasteiger partial charge in [0, 0.05) is 69.1 Å². The Bertz CT molecular complexity index is 1320. The molecule has 5 aliphatic rings. The van der Waals surface area contributed by atoms with Crippen LogP contribution in [0.25, 0.3) is 0 Å². The zero-order valence-electron chi connectivity index (χ0n) is 23.4. The Morgan fingerprint density at radius 1 is 1.10 bits per heavy atom. The smallest absolute Gasteiger partial charge is 0.320 e. The Labute approximate surface area is 238 Å². The highest BCUT2D eigenvalue weighted by atomic mass is 16.5. The van der Waals surface area contributed by atoms with Crippen molar-refractivity contribution in [2.45, 2.75) is 50.2 Å². The van der Waals surface area contributed by atoms with Crippen molar-refractivity contribution in [3.63, 3.8) is 0 Å². The third kappa shape index (κ3) is 5.01. The molecule has 3 saturated heterocycles. The van der Waals surface area contributed by atoms with Gasteiger partial charge in [0.15, 0.2) is 5.76 Å². The standard InChI is InChI=1S/C29H37N5O7/c1-38-29-16-33(12-21(29)13-34(17-29)28(37)32-7-4-22-24(14-32)41-31-26(22)35)27(36)20-10-23(19-2-3-19)30-25(11-20)40-15-18-5-8-39-9-6-18/h10-11,18-19,21H,2-9,12-17H2,1H3,(H,31,35). The molecule has 12 nitrogen and oxygen atoms in total. The number of fused-ring (bicyclic) bond motifs is 2. The molecule has 0 spiro atoms. The fourth-order valence-electron chi connectivity index (χ4n) is 6.78. The summed E-state index contributed by atoms with van der Waals surface area (Å²) in [6.45, 7) is 4.70. The number of hydrogen-bond donors (Lipinski definition) is 1. The summed E-state index contributed by atoms with van der Waals surface area (Å²) in [4.78, 5) is 37.4. The molecule has 1 saturated carbocycles. The third-order valence-electron chi connectivity index (χ3n) is 9.46. The minimum absolute atomic E-state index is 0.00376. The lowest BCUT2D eigenvalue weighted by atomic mass is 9.95. The molecule has 0 aromatic carbocycles. The van der Waals surface area contributed by atoms with E-state index >= 15 is 0 Å². The van der Waals surface area contributed by atoms with Gasteiger partial charge in [0.1, 0.15) is 5.60 Å². The van der Waals surface area contributed by atoms with Crippen LogP contribution in [0.4, 0.5) is 4.79 Å². The van der Waals surface area contributed by atoms with Crippen LogP contribution in [0.15, 0.2) is 16.7 Å². The summed E-state index contributed by atoms with van der Waals surface area (Å²) in [5.74, 6) is 1.73. The van der Waals surface area contributed by atoms with Crippen molar-refractivity contribution in [3.05, 3.63) is 34.7 Å².